The van der Waals surface area contributed by atoms with E-state index in [9.17, 15) is 18.0 Å². The van der Waals surface area contributed by atoms with Crippen LogP contribution in [0.25, 0.3) is 21.9 Å². The van der Waals surface area contributed by atoms with E-state index in [2.05, 4.69) is 5.32 Å². The third kappa shape index (κ3) is 6.55. The van der Waals surface area contributed by atoms with Crippen LogP contribution in [0, 0.1) is 0 Å². The quantitative estimate of drug-likeness (QED) is 0.183. The molecule has 5 rings (SSSR count). The molecular weight excluding hydrogens is 588 g/mol. The first-order chi connectivity index (χ1) is 21.2. The topological polar surface area (TPSA) is 134 Å². The second-order valence-electron chi connectivity index (χ2n) is 9.52. The number of furan rings is 1. The Balaban J connectivity index is 1.13. The average molecular weight is 619 g/mol. The van der Waals surface area contributed by atoms with Crippen molar-refractivity contribution in [1.29, 1.82) is 0 Å². The molecule has 0 aliphatic heterocycles. The molecule has 1 aromatic heterocycles. The number of carbonyl (C=O) groups is 2. The molecule has 0 radical (unpaired) electrons. The Morgan fingerprint density at radius 2 is 1.52 bits per heavy atom. The number of sulfonamides is 1. The van der Waals surface area contributed by atoms with Crippen molar-refractivity contribution in [3.8, 4) is 17.2 Å². The van der Waals surface area contributed by atoms with Crippen LogP contribution in [0.5, 0.6) is 17.2 Å². The largest absolute Gasteiger partial charge is 0.495 e. The van der Waals surface area contributed by atoms with Crippen molar-refractivity contribution in [3.63, 3.8) is 0 Å². The predicted octanol–water partition coefficient (Wildman–Crippen LogP) is 5.38. The van der Waals surface area contributed by atoms with Gasteiger partial charge in [0.2, 0.25) is 0 Å². The zero-order valence-electron chi connectivity index (χ0n) is 24.2. The molecule has 11 nitrogen and oxygen atoms in total. The number of nitrogens with zero attached hydrogens (tertiary/aromatic N) is 1. The zero-order valence-corrected chi connectivity index (χ0v) is 25.1. The first-order valence-electron chi connectivity index (χ1n) is 13.6. The highest BCUT2D eigenvalue weighted by Gasteiger charge is 2.22. The molecule has 1 heterocycles. The first kappa shape index (κ1) is 30.2. The van der Waals surface area contributed by atoms with Gasteiger partial charge in [0.15, 0.2) is 13.2 Å². The van der Waals surface area contributed by atoms with Gasteiger partial charge < -0.3 is 28.7 Å². The number of hydrogen-bond acceptors (Lipinski definition) is 9. The number of amides is 1. The summed E-state index contributed by atoms with van der Waals surface area (Å²) >= 11 is 0. The number of methoxy groups -OCH3 is 1. The third-order valence-corrected chi connectivity index (χ3v) is 8.49. The van der Waals surface area contributed by atoms with Crippen LogP contribution in [-0.4, -0.2) is 54.3 Å². The maximum atomic E-state index is 13.0. The van der Waals surface area contributed by atoms with Crippen LogP contribution in [-0.2, 0) is 24.3 Å². The Labute approximate surface area is 253 Å². The van der Waals surface area contributed by atoms with Crippen molar-refractivity contribution >= 4 is 55.2 Å². The molecule has 1 amide bonds. The van der Waals surface area contributed by atoms with E-state index in [1.54, 1.807) is 36.4 Å². The van der Waals surface area contributed by atoms with E-state index in [0.29, 0.717) is 46.4 Å². The molecule has 12 heteroatoms. The normalized spacial score (nSPS) is 11.2. The Hall–Kier alpha value is -5.23. The average Bonchev–Trinajstić information content (AvgIpc) is 3.40. The smallest absolute Gasteiger partial charge is 0.344 e. The summed E-state index contributed by atoms with van der Waals surface area (Å²) in [6, 6.07) is 23.3. The Bertz CT molecular complexity index is 1900. The summed E-state index contributed by atoms with van der Waals surface area (Å²) in [4.78, 5) is 24.9. The van der Waals surface area contributed by atoms with E-state index < -0.39 is 35.1 Å². The van der Waals surface area contributed by atoms with Gasteiger partial charge in [-0.1, -0.05) is 18.2 Å². The highest BCUT2D eigenvalue weighted by Crippen LogP contribution is 2.36. The minimum atomic E-state index is -3.81. The summed E-state index contributed by atoms with van der Waals surface area (Å²) in [5, 5.41) is 4.43. The lowest BCUT2D eigenvalue weighted by molar-refractivity contribution is -0.149. The standard InChI is InChI=1S/C32H30N2O9S/c1-4-40-22-13-15-24(16-14-22)44(37,38)34(2)21-9-11-23(12-10-21)41-20-32(36)42-19-31(35)33-27-18-29-26(17-30(27)39-3)25-7-5-6-8-28(25)43-29/h5-18H,4,19-20H2,1-3H3,(H,33,35). The molecule has 44 heavy (non-hydrogen) atoms. The second-order valence-corrected chi connectivity index (χ2v) is 11.5. The van der Waals surface area contributed by atoms with Crippen LogP contribution in [0.3, 0.4) is 0 Å². The van der Waals surface area contributed by atoms with Crippen LogP contribution in [0.2, 0.25) is 0 Å². The van der Waals surface area contributed by atoms with Crippen molar-refractivity contribution in [1.82, 2.24) is 0 Å². The molecule has 1 N–H and O–H groups in total. The number of ether oxygens (including phenoxy) is 4. The molecule has 4 aromatic carbocycles. The third-order valence-electron chi connectivity index (χ3n) is 6.69. The van der Waals surface area contributed by atoms with E-state index in [0.717, 1.165) is 15.1 Å². The lowest BCUT2D eigenvalue weighted by Crippen LogP contribution is -2.26. The molecule has 228 valence electrons. The molecule has 0 saturated heterocycles. The van der Waals surface area contributed by atoms with Gasteiger partial charge in [0.25, 0.3) is 15.9 Å². The molecule has 0 atom stereocenters. The fourth-order valence-corrected chi connectivity index (χ4v) is 5.65. The Morgan fingerprint density at radius 3 is 2.23 bits per heavy atom. The molecule has 0 bridgehead atoms. The summed E-state index contributed by atoms with van der Waals surface area (Å²) < 4.78 is 54.4. The van der Waals surface area contributed by atoms with Gasteiger partial charge in [-0.25, -0.2) is 13.2 Å². The SMILES string of the molecule is CCOc1ccc(S(=O)(=O)N(C)c2ccc(OCC(=O)OCC(=O)Nc3cc4oc5ccccc5c4cc3OC)cc2)cc1. The van der Waals surface area contributed by atoms with Gasteiger partial charge in [-0.05, 0) is 67.6 Å². The van der Waals surface area contributed by atoms with Crippen molar-refractivity contribution in [2.24, 2.45) is 0 Å². The van der Waals surface area contributed by atoms with E-state index in [-0.39, 0.29) is 4.90 Å². The highest BCUT2D eigenvalue weighted by molar-refractivity contribution is 7.92. The predicted molar refractivity (Wildman–Crippen MR) is 165 cm³/mol. The van der Waals surface area contributed by atoms with E-state index in [1.807, 2.05) is 31.2 Å². The fourth-order valence-electron chi connectivity index (χ4n) is 4.46. The Kier molecular flexibility index (Phi) is 8.91. The van der Waals surface area contributed by atoms with Crippen molar-refractivity contribution in [3.05, 3.63) is 84.9 Å². The van der Waals surface area contributed by atoms with Gasteiger partial charge in [0, 0.05) is 23.9 Å². The monoisotopic (exact) mass is 618 g/mol. The molecule has 0 unspecified atom stereocenters. The van der Waals surface area contributed by atoms with Crippen LogP contribution in [0.4, 0.5) is 11.4 Å². The van der Waals surface area contributed by atoms with Crippen molar-refractivity contribution < 1.29 is 41.4 Å². The van der Waals surface area contributed by atoms with Crippen LogP contribution < -0.4 is 23.8 Å². The Morgan fingerprint density at radius 1 is 0.841 bits per heavy atom. The van der Waals surface area contributed by atoms with Crippen LogP contribution in [0.1, 0.15) is 6.92 Å². The highest BCUT2D eigenvalue weighted by atomic mass is 32.2. The number of carbonyl (C=O) groups excluding carboxylic acids is 2. The summed E-state index contributed by atoms with van der Waals surface area (Å²) in [5.74, 6) is -0.0255. The van der Waals surface area contributed by atoms with Gasteiger partial charge in [-0.2, -0.15) is 0 Å². The number of anilines is 2. The van der Waals surface area contributed by atoms with Crippen molar-refractivity contribution in [2.75, 3.05) is 43.6 Å². The molecule has 0 fully saturated rings. The molecule has 5 aromatic rings. The van der Waals surface area contributed by atoms with Gasteiger partial charge in [-0.3, -0.25) is 9.10 Å². The first-order valence-corrected chi connectivity index (χ1v) is 15.0. The van der Waals surface area contributed by atoms with Gasteiger partial charge in [-0.15, -0.1) is 0 Å². The summed E-state index contributed by atoms with van der Waals surface area (Å²) in [6.45, 7) is 1.32. The lowest BCUT2D eigenvalue weighted by Gasteiger charge is -2.20. The minimum Gasteiger partial charge on any atom is -0.495 e. The van der Waals surface area contributed by atoms with Gasteiger partial charge in [0.05, 0.1) is 30.0 Å². The number of hydrogen-bond donors (Lipinski definition) is 1. The summed E-state index contributed by atoms with van der Waals surface area (Å²) in [6.07, 6.45) is 0. The number of nitrogens with one attached hydrogen (secondary N) is 1. The molecule has 0 spiro atoms. The van der Waals surface area contributed by atoms with Crippen molar-refractivity contribution in [2.45, 2.75) is 11.8 Å². The number of fused-ring (bicyclic) bond motifs is 3. The van der Waals surface area contributed by atoms with Crippen LogP contribution >= 0.6 is 0 Å². The van der Waals surface area contributed by atoms with E-state index in [4.69, 9.17) is 23.4 Å². The molecule has 0 saturated carbocycles. The molecule has 0 aliphatic rings. The second kappa shape index (κ2) is 13.0. The van der Waals surface area contributed by atoms with Gasteiger partial charge in [0.1, 0.15) is 28.4 Å². The maximum absolute atomic E-state index is 13.0. The van der Waals surface area contributed by atoms with E-state index >= 15 is 0 Å². The fraction of sp³-hybridized carbons (Fsp3) is 0.188. The molecular formula is C32H30N2O9S. The number of para-hydroxylation sites is 1. The lowest BCUT2D eigenvalue weighted by atomic mass is 10.1. The number of rotatable bonds is 12. The number of esters is 1. The maximum Gasteiger partial charge on any atom is 0.344 e. The summed E-state index contributed by atoms with van der Waals surface area (Å²) in [7, 11) is -0.884. The van der Waals surface area contributed by atoms with Crippen LogP contribution in [0.15, 0.2) is 94.2 Å². The van der Waals surface area contributed by atoms with Gasteiger partial charge >= 0.3 is 5.97 Å². The minimum absolute atomic E-state index is 0.115. The van der Waals surface area contributed by atoms with E-state index in [1.165, 1.54) is 38.4 Å². The number of benzene rings is 4. The summed E-state index contributed by atoms with van der Waals surface area (Å²) in [5.41, 5.74) is 2.03. The molecule has 0 aliphatic carbocycles. The zero-order chi connectivity index (χ0) is 31.3.